The Labute approximate surface area is 190 Å². The number of aromatic amines is 1. The van der Waals surface area contributed by atoms with Gasteiger partial charge in [0.1, 0.15) is 0 Å². The molecule has 9 nitrogen and oxygen atoms in total. The molecule has 0 atom stereocenters. The molecule has 0 aliphatic carbocycles. The lowest BCUT2D eigenvalue weighted by molar-refractivity contribution is -0.115. The van der Waals surface area contributed by atoms with E-state index in [9.17, 15) is 9.59 Å². The quantitative estimate of drug-likeness (QED) is 0.472. The van der Waals surface area contributed by atoms with Crippen molar-refractivity contribution in [1.82, 2.24) is 24.4 Å². The van der Waals surface area contributed by atoms with Gasteiger partial charge in [-0.25, -0.2) is 9.97 Å². The van der Waals surface area contributed by atoms with Gasteiger partial charge in [-0.05, 0) is 35.4 Å². The van der Waals surface area contributed by atoms with Crippen molar-refractivity contribution in [3.63, 3.8) is 0 Å². The largest absolute Gasteiger partial charge is 0.379 e. The fraction of sp³-hybridized carbons (Fsp3) is 0.333. The molecule has 4 aromatic rings. The fourth-order valence-corrected chi connectivity index (χ4v) is 4.04. The number of morpholine rings is 1. The van der Waals surface area contributed by atoms with Gasteiger partial charge >= 0.3 is 0 Å². The molecule has 170 valence electrons. The Balaban J connectivity index is 1.43. The first-order chi connectivity index (χ1) is 16.1. The highest BCUT2D eigenvalue weighted by Crippen LogP contribution is 2.26. The topological polar surface area (TPSA) is 105 Å². The summed E-state index contributed by atoms with van der Waals surface area (Å²) in [6.07, 6.45) is 2.02. The van der Waals surface area contributed by atoms with E-state index in [1.807, 2.05) is 36.4 Å². The van der Waals surface area contributed by atoms with Crippen LogP contribution >= 0.6 is 0 Å². The Morgan fingerprint density at radius 3 is 2.64 bits per heavy atom. The number of nitrogens with zero attached hydrogens (tertiary/aromatic N) is 4. The van der Waals surface area contributed by atoms with E-state index in [1.165, 1.54) is 0 Å². The van der Waals surface area contributed by atoms with Crippen LogP contribution < -0.4 is 10.9 Å². The van der Waals surface area contributed by atoms with Crippen LogP contribution in [0.25, 0.3) is 33.1 Å². The van der Waals surface area contributed by atoms with Gasteiger partial charge in [-0.2, -0.15) is 0 Å². The van der Waals surface area contributed by atoms with E-state index < -0.39 is 0 Å². The van der Waals surface area contributed by atoms with Crippen LogP contribution in [-0.2, 0) is 16.1 Å². The van der Waals surface area contributed by atoms with Crippen molar-refractivity contribution in [1.29, 1.82) is 0 Å². The Kier molecular flexibility index (Phi) is 5.89. The molecule has 3 heterocycles. The molecule has 9 heteroatoms. The Hall–Kier alpha value is -3.56. The zero-order chi connectivity index (χ0) is 22.8. The van der Waals surface area contributed by atoms with Gasteiger partial charge in [0.2, 0.25) is 11.9 Å². The number of carbonyl (C=O) groups is 1. The first-order valence-electron chi connectivity index (χ1n) is 11.2. The van der Waals surface area contributed by atoms with E-state index in [4.69, 9.17) is 4.74 Å². The number of amides is 1. The van der Waals surface area contributed by atoms with Crippen LogP contribution in [0.15, 0.2) is 47.5 Å². The van der Waals surface area contributed by atoms with E-state index in [-0.39, 0.29) is 11.5 Å². The molecule has 2 aromatic carbocycles. The number of aromatic nitrogens is 4. The third-order valence-corrected chi connectivity index (χ3v) is 5.98. The second kappa shape index (κ2) is 9.13. The number of nitrogens with one attached hydrogen (secondary N) is 2. The monoisotopic (exact) mass is 446 g/mol. The molecule has 0 bridgehead atoms. The fourth-order valence-electron chi connectivity index (χ4n) is 4.04. The number of imidazole rings is 1. The smallest absolute Gasteiger partial charge is 0.261 e. The summed E-state index contributed by atoms with van der Waals surface area (Å²) in [5.41, 5.74) is 4.08. The molecule has 0 saturated carbocycles. The summed E-state index contributed by atoms with van der Waals surface area (Å²) >= 11 is 0. The third kappa shape index (κ3) is 4.50. The first-order valence-corrected chi connectivity index (χ1v) is 11.2. The minimum absolute atomic E-state index is 0.0395. The van der Waals surface area contributed by atoms with Gasteiger partial charge < -0.3 is 9.72 Å². The molecule has 0 radical (unpaired) electrons. The van der Waals surface area contributed by atoms with Crippen LogP contribution in [0, 0.1) is 0 Å². The average molecular weight is 447 g/mol. The molecule has 2 aromatic heterocycles. The molecule has 1 aliphatic rings. The van der Waals surface area contributed by atoms with Gasteiger partial charge in [0.05, 0.1) is 41.5 Å². The van der Waals surface area contributed by atoms with Crippen LogP contribution in [0.3, 0.4) is 0 Å². The van der Waals surface area contributed by atoms with Crippen molar-refractivity contribution in [3.8, 4) is 11.1 Å². The minimum atomic E-state index is -0.0961. The molecule has 1 aliphatic heterocycles. The lowest BCUT2D eigenvalue weighted by Gasteiger charge is -2.26. The summed E-state index contributed by atoms with van der Waals surface area (Å²) in [6, 6.07) is 11.6. The van der Waals surface area contributed by atoms with E-state index in [0.717, 1.165) is 55.0 Å². The van der Waals surface area contributed by atoms with Gasteiger partial charge in [-0.15, -0.1) is 0 Å². The zero-order valence-electron chi connectivity index (χ0n) is 18.5. The number of hydrogen-bond acceptors (Lipinski definition) is 6. The Bertz CT molecular complexity index is 1370. The molecule has 1 fully saturated rings. The maximum absolute atomic E-state index is 13.2. The van der Waals surface area contributed by atoms with Crippen molar-refractivity contribution >= 4 is 33.8 Å². The highest BCUT2D eigenvalue weighted by molar-refractivity contribution is 5.92. The summed E-state index contributed by atoms with van der Waals surface area (Å²) in [5.74, 6) is 0.334. The molecule has 0 unspecified atom stereocenters. The number of rotatable bonds is 6. The minimum Gasteiger partial charge on any atom is -0.379 e. The van der Waals surface area contributed by atoms with Crippen LogP contribution in [0.1, 0.15) is 13.3 Å². The summed E-state index contributed by atoms with van der Waals surface area (Å²) in [6.45, 7) is 6.44. The molecule has 33 heavy (non-hydrogen) atoms. The van der Waals surface area contributed by atoms with Gasteiger partial charge in [0, 0.05) is 32.6 Å². The third-order valence-electron chi connectivity index (χ3n) is 5.98. The Morgan fingerprint density at radius 2 is 1.85 bits per heavy atom. The summed E-state index contributed by atoms with van der Waals surface area (Å²) < 4.78 is 7.07. The molecular formula is C24H26N6O3. The summed E-state index contributed by atoms with van der Waals surface area (Å²) in [4.78, 5) is 39.1. The highest BCUT2D eigenvalue weighted by atomic mass is 16.5. The lowest BCUT2D eigenvalue weighted by Crippen LogP contribution is -2.39. The van der Waals surface area contributed by atoms with E-state index >= 15 is 0 Å². The Morgan fingerprint density at radius 1 is 1.09 bits per heavy atom. The number of fused-ring (bicyclic) bond motifs is 2. The van der Waals surface area contributed by atoms with Crippen molar-refractivity contribution in [2.24, 2.45) is 0 Å². The SMILES string of the molecule is CCC(=O)Nc1nc2ccc(-c3ccc4ncn(CCN5CCOCC5)c(=O)c4c3)cc2[nH]1. The van der Waals surface area contributed by atoms with E-state index in [1.54, 1.807) is 17.8 Å². The average Bonchev–Trinajstić information content (AvgIpc) is 3.25. The summed E-state index contributed by atoms with van der Waals surface area (Å²) in [5, 5.41) is 3.34. The zero-order valence-corrected chi connectivity index (χ0v) is 18.5. The summed E-state index contributed by atoms with van der Waals surface area (Å²) in [7, 11) is 0. The highest BCUT2D eigenvalue weighted by Gasteiger charge is 2.12. The van der Waals surface area contributed by atoms with Gasteiger partial charge in [0.15, 0.2) is 0 Å². The van der Waals surface area contributed by atoms with E-state index in [0.29, 0.717) is 29.8 Å². The number of hydrogen-bond donors (Lipinski definition) is 2. The van der Waals surface area contributed by atoms with Gasteiger partial charge in [0.25, 0.3) is 5.56 Å². The molecule has 1 saturated heterocycles. The van der Waals surface area contributed by atoms with Crippen LogP contribution in [0.2, 0.25) is 0 Å². The van der Waals surface area contributed by atoms with Crippen molar-refractivity contribution in [2.45, 2.75) is 19.9 Å². The van der Waals surface area contributed by atoms with E-state index in [2.05, 4.69) is 25.2 Å². The molecule has 2 N–H and O–H groups in total. The number of ether oxygens (including phenoxy) is 1. The van der Waals surface area contributed by atoms with Crippen molar-refractivity contribution < 1.29 is 9.53 Å². The first kappa shape index (κ1) is 21.3. The number of H-pyrrole nitrogens is 1. The van der Waals surface area contributed by atoms with Gasteiger partial charge in [-0.1, -0.05) is 19.1 Å². The second-order valence-electron chi connectivity index (χ2n) is 8.15. The number of carbonyl (C=O) groups excluding carboxylic acids is 1. The second-order valence-corrected chi connectivity index (χ2v) is 8.15. The maximum Gasteiger partial charge on any atom is 0.261 e. The number of benzene rings is 2. The molecular weight excluding hydrogens is 420 g/mol. The van der Waals surface area contributed by atoms with Gasteiger partial charge in [-0.3, -0.25) is 24.4 Å². The van der Waals surface area contributed by atoms with Crippen molar-refractivity contribution in [3.05, 3.63) is 53.1 Å². The molecule has 5 rings (SSSR count). The lowest BCUT2D eigenvalue weighted by atomic mass is 10.0. The maximum atomic E-state index is 13.2. The number of anilines is 1. The predicted octanol–water partition coefficient (Wildman–Crippen LogP) is 2.62. The van der Waals surface area contributed by atoms with Crippen LogP contribution in [-0.4, -0.2) is 63.2 Å². The predicted molar refractivity (Wildman–Crippen MR) is 127 cm³/mol. The molecule has 0 spiro atoms. The van der Waals surface area contributed by atoms with Crippen LogP contribution in [0.5, 0.6) is 0 Å². The van der Waals surface area contributed by atoms with Crippen molar-refractivity contribution in [2.75, 3.05) is 38.2 Å². The molecule has 1 amide bonds. The standard InChI is InChI=1S/C24H26N6O3/c1-2-22(31)28-24-26-20-6-4-17(14-21(20)27-24)16-3-5-19-18(13-16)23(32)30(15-25-19)8-7-29-9-11-33-12-10-29/h3-6,13-15H,2,7-12H2,1H3,(H2,26,27,28,31). The van der Waals surface area contributed by atoms with Crippen LogP contribution in [0.4, 0.5) is 5.95 Å². The normalized spacial score (nSPS) is 14.7.